The zero-order chi connectivity index (χ0) is 13.5. The van der Waals surface area contributed by atoms with Gasteiger partial charge in [-0.2, -0.15) is 5.10 Å². The van der Waals surface area contributed by atoms with Gasteiger partial charge in [-0.3, -0.25) is 4.79 Å². The fourth-order valence-corrected chi connectivity index (χ4v) is 1.75. The van der Waals surface area contributed by atoms with E-state index in [0.717, 1.165) is 25.2 Å². The van der Waals surface area contributed by atoms with E-state index < -0.39 is 0 Å². The van der Waals surface area contributed by atoms with Gasteiger partial charge in [-0.1, -0.05) is 6.92 Å². The van der Waals surface area contributed by atoms with Crippen LogP contribution in [0.1, 0.15) is 27.2 Å². The maximum atomic E-state index is 11.9. The summed E-state index contributed by atoms with van der Waals surface area (Å²) in [6.07, 6.45) is 2.66. The molecule has 1 rings (SSSR count). The van der Waals surface area contributed by atoms with Gasteiger partial charge < -0.3 is 10.2 Å². The molecule has 0 amide bonds. The normalized spacial score (nSPS) is 12.4. The molecule has 0 aliphatic rings. The van der Waals surface area contributed by atoms with Gasteiger partial charge in [0.25, 0.3) is 5.56 Å². The second-order valence-electron chi connectivity index (χ2n) is 4.54. The predicted octanol–water partition coefficient (Wildman–Crippen LogP) is 1.09. The fourth-order valence-electron chi connectivity index (χ4n) is 1.75. The molecular formula is C13H24N4O. The lowest BCUT2D eigenvalue weighted by molar-refractivity contribution is 0.456. The van der Waals surface area contributed by atoms with Crippen LogP contribution in [-0.2, 0) is 6.54 Å². The average Bonchev–Trinajstić information content (AvgIpc) is 2.36. The molecule has 0 radical (unpaired) electrons. The van der Waals surface area contributed by atoms with Gasteiger partial charge >= 0.3 is 0 Å². The van der Waals surface area contributed by atoms with Gasteiger partial charge in [-0.25, -0.2) is 4.68 Å². The Labute approximate surface area is 109 Å². The van der Waals surface area contributed by atoms with Crippen LogP contribution in [0.15, 0.2) is 17.1 Å². The molecule has 1 heterocycles. The third kappa shape index (κ3) is 4.14. The Kier molecular flexibility index (Phi) is 5.85. The molecule has 5 nitrogen and oxygen atoms in total. The van der Waals surface area contributed by atoms with Gasteiger partial charge in [0, 0.05) is 32.2 Å². The minimum atomic E-state index is -0.0310. The van der Waals surface area contributed by atoms with Crippen LogP contribution in [-0.4, -0.2) is 36.0 Å². The monoisotopic (exact) mass is 252 g/mol. The Hall–Kier alpha value is -1.36. The first kappa shape index (κ1) is 14.7. The van der Waals surface area contributed by atoms with Gasteiger partial charge in [0.15, 0.2) is 0 Å². The van der Waals surface area contributed by atoms with Crippen LogP contribution < -0.4 is 15.8 Å². The van der Waals surface area contributed by atoms with Gasteiger partial charge in [0.05, 0.1) is 11.9 Å². The molecule has 1 aromatic heterocycles. The summed E-state index contributed by atoms with van der Waals surface area (Å²) in [6.45, 7) is 8.71. The first-order chi connectivity index (χ1) is 8.58. The van der Waals surface area contributed by atoms with Crippen molar-refractivity contribution in [1.82, 2.24) is 15.1 Å². The summed E-state index contributed by atoms with van der Waals surface area (Å²) in [4.78, 5) is 13.9. The quantitative estimate of drug-likeness (QED) is 0.789. The minimum absolute atomic E-state index is 0.0310. The SMILES string of the molecule is CCNC(C)CCn1ncc(N(C)CC)cc1=O. The first-order valence-electron chi connectivity index (χ1n) is 6.60. The Morgan fingerprint density at radius 3 is 2.78 bits per heavy atom. The number of anilines is 1. The van der Waals surface area contributed by atoms with E-state index in [-0.39, 0.29) is 5.56 Å². The number of rotatable bonds is 7. The zero-order valence-corrected chi connectivity index (χ0v) is 11.8. The van der Waals surface area contributed by atoms with Crippen molar-refractivity contribution in [2.24, 2.45) is 0 Å². The molecule has 1 unspecified atom stereocenters. The summed E-state index contributed by atoms with van der Waals surface area (Å²) in [5.74, 6) is 0. The molecule has 0 bridgehead atoms. The molecule has 1 atom stereocenters. The highest BCUT2D eigenvalue weighted by atomic mass is 16.1. The summed E-state index contributed by atoms with van der Waals surface area (Å²) in [7, 11) is 1.95. The maximum Gasteiger partial charge on any atom is 0.268 e. The molecule has 102 valence electrons. The molecule has 0 fully saturated rings. The highest BCUT2D eigenvalue weighted by Gasteiger charge is 2.05. The van der Waals surface area contributed by atoms with Gasteiger partial charge in [-0.05, 0) is 26.8 Å². The first-order valence-corrected chi connectivity index (χ1v) is 6.60. The molecular weight excluding hydrogens is 228 g/mol. The highest BCUT2D eigenvalue weighted by molar-refractivity contribution is 5.41. The van der Waals surface area contributed by atoms with Crippen molar-refractivity contribution in [2.45, 2.75) is 39.8 Å². The van der Waals surface area contributed by atoms with E-state index in [1.807, 2.05) is 18.9 Å². The van der Waals surface area contributed by atoms with E-state index in [1.165, 1.54) is 4.68 Å². The van der Waals surface area contributed by atoms with Gasteiger partial charge in [-0.15, -0.1) is 0 Å². The van der Waals surface area contributed by atoms with Crippen molar-refractivity contribution in [1.29, 1.82) is 0 Å². The topological polar surface area (TPSA) is 50.2 Å². The van der Waals surface area contributed by atoms with Crippen LogP contribution in [0, 0.1) is 0 Å². The van der Waals surface area contributed by atoms with Crippen LogP contribution in [0.25, 0.3) is 0 Å². The summed E-state index contributed by atoms with van der Waals surface area (Å²) >= 11 is 0. The number of aryl methyl sites for hydroxylation is 1. The second-order valence-corrected chi connectivity index (χ2v) is 4.54. The summed E-state index contributed by atoms with van der Waals surface area (Å²) in [5.41, 5.74) is 0.843. The molecule has 18 heavy (non-hydrogen) atoms. The Morgan fingerprint density at radius 2 is 2.22 bits per heavy atom. The lowest BCUT2D eigenvalue weighted by Crippen LogP contribution is -2.30. The summed E-state index contributed by atoms with van der Waals surface area (Å²) < 4.78 is 1.53. The number of nitrogens with zero attached hydrogens (tertiary/aromatic N) is 3. The molecule has 0 aliphatic heterocycles. The van der Waals surface area contributed by atoms with Crippen molar-refractivity contribution >= 4 is 5.69 Å². The molecule has 5 heteroatoms. The molecule has 0 saturated carbocycles. The fraction of sp³-hybridized carbons (Fsp3) is 0.692. The third-order valence-corrected chi connectivity index (χ3v) is 3.10. The van der Waals surface area contributed by atoms with Crippen molar-refractivity contribution in [3.8, 4) is 0 Å². The summed E-state index contributed by atoms with van der Waals surface area (Å²) in [5, 5.41) is 7.54. The van der Waals surface area contributed by atoms with E-state index >= 15 is 0 Å². The molecule has 0 aliphatic carbocycles. The number of aromatic nitrogens is 2. The molecule has 0 saturated heterocycles. The number of nitrogens with one attached hydrogen (secondary N) is 1. The van der Waals surface area contributed by atoms with Crippen LogP contribution in [0.2, 0.25) is 0 Å². The largest absolute Gasteiger partial charge is 0.373 e. The van der Waals surface area contributed by atoms with Crippen molar-refractivity contribution in [3.63, 3.8) is 0 Å². The van der Waals surface area contributed by atoms with E-state index in [1.54, 1.807) is 12.3 Å². The van der Waals surface area contributed by atoms with Crippen molar-refractivity contribution in [2.75, 3.05) is 25.0 Å². The minimum Gasteiger partial charge on any atom is -0.373 e. The molecule has 1 N–H and O–H groups in total. The predicted molar refractivity (Wildman–Crippen MR) is 75.2 cm³/mol. The van der Waals surface area contributed by atoms with Gasteiger partial charge in [0.2, 0.25) is 0 Å². The number of hydrogen-bond acceptors (Lipinski definition) is 4. The maximum absolute atomic E-state index is 11.9. The van der Waals surface area contributed by atoms with E-state index in [4.69, 9.17) is 0 Å². The van der Waals surface area contributed by atoms with Crippen molar-refractivity contribution in [3.05, 3.63) is 22.6 Å². The zero-order valence-electron chi connectivity index (χ0n) is 11.8. The average molecular weight is 252 g/mol. The van der Waals surface area contributed by atoms with Crippen LogP contribution >= 0.6 is 0 Å². The Morgan fingerprint density at radius 1 is 1.50 bits per heavy atom. The van der Waals surface area contributed by atoms with Crippen LogP contribution in [0.5, 0.6) is 0 Å². The highest BCUT2D eigenvalue weighted by Crippen LogP contribution is 2.05. The standard InChI is InChI=1S/C13H24N4O/c1-5-14-11(3)7-8-17-13(18)9-12(10-15-17)16(4)6-2/h9-11,14H,5-8H2,1-4H3. The van der Waals surface area contributed by atoms with Gasteiger partial charge in [0.1, 0.15) is 0 Å². The van der Waals surface area contributed by atoms with Crippen LogP contribution in [0.4, 0.5) is 5.69 Å². The molecule has 0 aromatic carbocycles. The van der Waals surface area contributed by atoms with E-state index in [9.17, 15) is 4.79 Å². The molecule has 0 spiro atoms. The summed E-state index contributed by atoms with van der Waals surface area (Å²) in [6, 6.07) is 2.05. The Balaban J connectivity index is 2.66. The lowest BCUT2D eigenvalue weighted by atomic mass is 10.2. The Bertz CT molecular complexity index is 416. The smallest absolute Gasteiger partial charge is 0.268 e. The molecule has 1 aromatic rings. The third-order valence-electron chi connectivity index (χ3n) is 3.10. The van der Waals surface area contributed by atoms with Crippen LogP contribution in [0.3, 0.4) is 0 Å². The van der Waals surface area contributed by atoms with E-state index in [0.29, 0.717) is 12.6 Å². The van der Waals surface area contributed by atoms with Crippen molar-refractivity contribution < 1.29 is 0 Å². The lowest BCUT2D eigenvalue weighted by Gasteiger charge is -2.17. The second kappa shape index (κ2) is 7.16. The number of hydrogen-bond donors (Lipinski definition) is 1. The van der Waals surface area contributed by atoms with E-state index in [2.05, 4.69) is 24.3 Å².